The highest BCUT2D eigenvalue weighted by Crippen LogP contribution is 2.29. The third-order valence-electron chi connectivity index (χ3n) is 4.16. The van der Waals surface area contributed by atoms with Crippen LogP contribution < -0.4 is 14.8 Å². The van der Waals surface area contributed by atoms with E-state index in [1.165, 1.54) is 4.90 Å². The molecule has 0 bridgehead atoms. The van der Waals surface area contributed by atoms with Gasteiger partial charge < -0.3 is 14.8 Å². The Labute approximate surface area is 146 Å². The summed E-state index contributed by atoms with van der Waals surface area (Å²) in [6, 6.07) is 12.4. The molecule has 6 heteroatoms. The molecule has 3 rings (SSSR count). The van der Waals surface area contributed by atoms with Crippen molar-refractivity contribution in [3.8, 4) is 11.5 Å². The lowest BCUT2D eigenvalue weighted by molar-refractivity contribution is 0.0654. The van der Waals surface area contributed by atoms with E-state index < -0.39 is 0 Å². The first-order valence-corrected chi connectivity index (χ1v) is 8.07. The van der Waals surface area contributed by atoms with Gasteiger partial charge in [-0.3, -0.25) is 14.5 Å². The molecule has 1 aliphatic heterocycles. The zero-order valence-electron chi connectivity index (χ0n) is 14.2. The molecule has 130 valence electrons. The molecule has 0 aromatic heterocycles. The highest BCUT2D eigenvalue weighted by Gasteiger charge is 2.34. The zero-order chi connectivity index (χ0) is 17.8. The van der Waals surface area contributed by atoms with Gasteiger partial charge >= 0.3 is 0 Å². The van der Waals surface area contributed by atoms with Crippen molar-refractivity contribution in [2.75, 3.05) is 32.6 Å². The van der Waals surface area contributed by atoms with Crippen molar-refractivity contribution in [2.45, 2.75) is 6.42 Å². The second kappa shape index (κ2) is 7.25. The number of carbonyl (C=O) groups excluding carboxylic acids is 2. The van der Waals surface area contributed by atoms with Gasteiger partial charge in [-0.05, 0) is 30.7 Å². The fraction of sp³-hybridized carbons (Fsp3) is 0.263. The van der Waals surface area contributed by atoms with Crippen molar-refractivity contribution < 1.29 is 19.1 Å². The van der Waals surface area contributed by atoms with Gasteiger partial charge in [0.25, 0.3) is 11.8 Å². The molecule has 0 atom stereocenters. The molecule has 0 saturated carbocycles. The Morgan fingerprint density at radius 1 is 0.960 bits per heavy atom. The summed E-state index contributed by atoms with van der Waals surface area (Å²) in [5.74, 6) is 0.990. The molecule has 0 spiro atoms. The molecule has 2 amide bonds. The minimum absolute atomic E-state index is 0.223. The van der Waals surface area contributed by atoms with E-state index in [2.05, 4.69) is 5.32 Å². The molecule has 25 heavy (non-hydrogen) atoms. The maximum Gasteiger partial charge on any atom is 0.261 e. The van der Waals surface area contributed by atoms with Crippen LogP contribution in [0.3, 0.4) is 0 Å². The minimum atomic E-state index is -0.223. The van der Waals surface area contributed by atoms with Crippen LogP contribution >= 0.6 is 0 Å². The minimum Gasteiger partial charge on any atom is -0.497 e. The number of benzene rings is 2. The summed E-state index contributed by atoms with van der Waals surface area (Å²) >= 11 is 0. The normalized spacial score (nSPS) is 13.0. The fourth-order valence-corrected chi connectivity index (χ4v) is 2.85. The smallest absolute Gasteiger partial charge is 0.261 e. The van der Waals surface area contributed by atoms with E-state index in [1.807, 2.05) is 18.2 Å². The van der Waals surface area contributed by atoms with E-state index in [0.29, 0.717) is 36.4 Å². The SMILES string of the molecule is COc1ccc(OC)c(NCCCN2C(=O)c3ccccc3C2=O)c1. The van der Waals surface area contributed by atoms with Crippen LogP contribution in [0.2, 0.25) is 0 Å². The third kappa shape index (κ3) is 3.28. The van der Waals surface area contributed by atoms with Crippen LogP contribution in [-0.4, -0.2) is 44.0 Å². The lowest BCUT2D eigenvalue weighted by Gasteiger charge is -2.15. The van der Waals surface area contributed by atoms with Crippen LogP contribution in [0, 0.1) is 0 Å². The summed E-state index contributed by atoms with van der Waals surface area (Å²) in [6.45, 7) is 0.961. The Morgan fingerprint density at radius 3 is 2.24 bits per heavy atom. The number of methoxy groups -OCH3 is 2. The first kappa shape index (κ1) is 16.8. The van der Waals surface area contributed by atoms with Gasteiger partial charge in [0.15, 0.2) is 0 Å². The number of nitrogens with zero attached hydrogens (tertiary/aromatic N) is 1. The maximum atomic E-state index is 12.3. The highest BCUT2D eigenvalue weighted by atomic mass is 16.5. The number of nitrogens with one attached hydrogen (secondary N) is 1. The number of carbonyl (C=O) groups is 2. The van der Waals surface area contributed by atoms with Gasteiger partial charge in [-0.25, -0.2) is 0 Å². The summed E-state index contributed by atoms with van der Waals surface area (Å²) in [5, 5.41) is 3.26. The molecule has 0 fully saturated rings. The van der Waals surface area contributed by atoms with E-state index in [9.17, 15) is 9.59 Å². The van der Waals surface area contributed by atoms with Gasteiger partial charge in [0.1, 0.15) is 11.5 Å². The van der Waals surface area contributed by atoms with Crippen LogP contribution in [0.5, 0.6) is 11.5 Å². The molecular formula is C19H20N2O4. The van der Waals surface area contributed by atoms with Gasteiger partial charge in [0, 0.05) is 19.2 Å². The standard InChI is InChI=1S/C19H20N2O4/c1-24-13-8-9-17(25-2)16(12-13)20-10-5-11-21-18(22)14-6-3-4-7-15(14)19(21)23/h3-4,6-9,12,20H,5,10-11H2,1-2H3. The molecule has 0 saturated heterocycles. The van der Waals surface area contributed by atoms with Crippen molar-refractivity contribution in [3.05, 3.63) is 53.6 Å². The van der Waals surface area contributed by atoms with Gasteiger partial charge in [-0.2, -0.15) is 0 Å². The van der Waals surface area contributed by atoms with Crippen LogP contribution in [0.15, 0.2) is 42.5 Å². The van der Waals surface area contributed by atoms with Gasteiger partial charge in [0.2, 0.25) is 0 Å². The van der Waals surface area contributed by atoms with E-state index >= 15 is 0 Å². The number of fused-ring (bicyclic) bond motifs is 1. The van der Waals surface area contributed by atoms with E-state index in [-0.39, 0.29) is 11.8 Å². The number of ether oxygens (including phenoxy) is 2. The molecule has 0 aliphatic carbocycles. The molecule has 2 aromatic rings. The van der Waals surface area contributed by atoms with Gasteiger partial charge in [-0.1, -0.05) is 12.1 Å². The zero-order valence-corrected chi connectivity index (χ0v) is 14.2. The predicted octanol–water partition coefficient (Wildman–Crippen LogP) is 2.80. The summed E-state index contributed by atoms with van der Waals surface area (Å²) in [4.78, 5) is 25.9. The van der Waals surface area contributed by atoms with E-state index in [0.717, 1.165) is 11.4 Å². The third-order valence-corrected chi connectivity index (χ3v) is 4.16. The Bertz CT molecular complexity index is 769. The molecule has 0 radical (unpaired) electrons. The van der Waals surface area contributed by atoms with Crippen molar-refractivity contribution in [1.82, 2.24) is 4.90 Å². The van der Waals surface area contributed by atoms with Crippen LogP contribution in [0.25, 0.3) is 0 Å². The largest absolute Gasteiger partial charge is 0.497 e. The molecule has 1 aliphatic rings. The second-order valence-electron chi connectivity index (χ2n) is 5.65. The van der Waals surface area contributed by atoms with Crippen LogP contribution in [-0.2, 0) is 0 Å². The average Bonchev–Trinajstić information content (AvgIpc) is 2.90. The number of rotatable bonds is 7. The summed E-state index contributed by atoms with van der Waals surface area (Å²) in [7, 11) is 3.21. The van der Waals surface area contributed by atoms with Crippen LogP contribution in [0.4, 0.5) is 5.69 Å². The first-order chi connectivity index (χ1) is 12.2. The lowest BCUT2D eigenvalue weighted by atomic mass is 10.1. The first-order valence-electron chi connectivity index (χ1n) is 8.07. The predicted molar refractivity (Wildman–Crippen MR) is 94.5 cm³/mol. The monoisotopic (exact) mass is 340 g/mol. The van der Waals surface area contributed by atoms with Crippen molar-refractivity contribution in [1.29, 1.82) is 0 Å². The summed E-state index contributed by atoms with van der Waals surface area (Å²) in [6.07, 6.45) is 0.631. The topological polar surface area (TPSA) is 67.9 Å². The fourth-order valence-electron chi connectivity index (χ4n) is 2.85. The highest BCUT2D eigenvalue weighted by molar-refractivity contribution is 6.21. The molecule has 6 nitrogen and oxygen atoms in total. The second-order valence-corrected chi connectivity index (χ2v) is 5.65. The average molecular weight is 340 g/mol. The summed E-state index contributed by atoms with van der Waals surface area (Å²) in [5.41, 5.74) is 1.77. The van der Waals surface area contributed by atoms with Gasteiger partial charge in [-0.15, -0.1) is 0 Å². The molecule has 1 heterocycles. The number of anilines is 1. The number of hydrogen-bond acceptors (Lipinski definition) is 5. The summed E-state index contributed by atoms with van der Waals surface area (Å²) < 4.78 is 10.5. The Balaban J connectivity index is 1.58. The lowest BCUT2D eigenvalue weighted by Crippen LogP contribution is -2.31. The van der Waals surface area contributed by atoms with Crippen LogP contribution in [0.1, 0.15) is 27.1 Å². The Kier molecular flexibility index (Phi) is 4.88. The maximum absolute atomic E-state index is 12.3. The molecular weight excluding hydrogens is 320 g/mol. The Hall–Kier alpha value is -3.02. The van der Waals surface area contributed by atoms with E-state index in [1.54, 1.807) is 38.5 Å². The van der Waals surface area contributed by atoms with Crippen molar-refractivity contribution in [3.63, 3.8) is 0 Å². The van der Waals surface area contributed by atoms with Crippen molar-refractivity contribution >= 4 is 17.5 Å². The number of hydrogen-bond donors (Lipinski definition) is 1. The number of amides is 2. The molecule has 0 unspecified atom stereocenters. The molecule has 2 aromatic carbocycles. The molecule has 1 N–H and O–H groups in total. The quantitative estimate of drug-likeness (QED) is 0.620. The number of imide groups is 1. The van der Waals surface area contributed by atoms with E-state index in [4.69, 9.17) is 9.47 Å². The van der Waals surface area contributed by atoms with Crippen molar-refractivity contribution in [2.24, 2.45) is 0 Å². The van der Waals surface area contributed by atoms with Gasteiger partial charge in [0.05, 0.1) is 31.0 Å². The Morgan fingerprint density at radius 2 is 1.64 bits per heavy atom.